The molecule has 2 amide bonds. The number of hydrogen-bond donors (Lipinski definition) is 2. The summed E-state index contributed by atoms with van der Waals surface area (Å²) in [6.45, 7) is 4.03. The fourth-order valence-corrected chi connectivity index (χ4v) is 8.30. The van der Waals surface area contributed by atoms with Crippen LogP contribution in [-0.4, -0.2) is 26.3 Å². The van der Waals surface area contributed by atoms with E-state index in [1.807, 2.05) is 47.9 Å². The highest BCUT2D eigenvalue weighted by Crippen LogP contribution is 2.55. The molecule has 2 N–H and O–H groups in total. The molecule has 194 valence electrons. The Hall–Kier alpha value is -2.51. The maximum atomic E-state index is 13.3. The van der Waals surface area contributed by atoms with Crippen LogP contribution in [0.2, 0.25) is 5.02 Å². The third kappa shape index (κ3) is 5.13. The van der Waals surface area contributed by atoms with Crippen molar-refractivity contribution < 1.29 is 4.79 Å². The highest BCUT2D eigenvalue weighted by atomic mass is 35.5. The van der Waals surface area contributed by atoms with Gasteiger partial charge in [-0.15, -0.1) is 10.2 Å². The number of aryl methyl sites for hydroxylation is 1. The van der Waals surface area contributed by atoms with Crippen molar-refractivity contribution in [3.8, 4) is 5.69 Å². The molecule has 4 aliphatic carbocycles. The van der Waals surface area contributed by atoms with Crippen molar-refractivity contribution >= 4 is 29.4 Å². The molecule has 2 aromatic carbocycles. The standard InChI is InChI=1S/C29H34ClN5OS/c1-18-8-9-24(30)13-25(18)35-26(33-34-28(35)37-17-20-6-4-3-5-7-20)19(2)31-27(36)32-29-14-21-10-22(15-29)12-23(11-21)16-29/h3-9,13,19,21-23H,10-12,14-17H2,1-2H3,(H2,31,32,36). The largest absolute Gasteiger partial charge is 0.333 e. The molecule has 0 spiro atoms. The van der Waals surface area contributed by atoms with E-state index in [2.05, 4.69) is 39.9 Å². The summed E-state index contributed by atoms with van der Waals surface area (Å²) in [5, 5.41) is 17.2. The van der Waals surface area contributed by atoms with E-state index < -0.39 is 0 Å². The minimum atomic E-state index is -0.328. The van der Waals surface area contributed by atoms with Crippen molar-refractivity contribution in [3.05, 3.63) is 70.5 Å². The first-order chi connectivity index (χ1) is 17.9. The average Bonchev–Trinajstić information content (AvgIpc) is 3.27. The van der Waals surface area contributed by atoms with Crippen LogP contribution in [0.3, 0.4) is 0 Å². The Morgan fingerprint density at radius 2 is 1.76 bits per heavy atom. The minimum absolute atomic E-state index is 0.0353. The van der Waals surface area contributed by atoms with E-state index in [9.17, 15) is 4.79 Å². The minimum Gasteiger partial charge on any atom is -0.333 e. The Balaban J connectivity index is 1.23. The van der Waals surface area contributed by atoms with Crippen molar-refractivity contribution in [3.63, 3.8) is 0 Å². The molecule has 8 heteroatoms. The van der Waals surface area contributed by atoms with Crippen LogP contribution in [0.5, 0.6) is 0 Å². The van der Waals surface area contributed by atoms with Gasteiger partial charge in [0.1, 0.15) is 0 Å². The third-order valence-electron chi connectivity index (χ3n) is 8.43. The van der Waals surface area contributed by atoms with E-state index in [-0.39, 0.29) is 17.6 Å². The van der Waals surface area contributed by atoms with Gasteiger partial charge in [0.2, 0.25) is 0 Å². The molecule has 6 nitrogen and oxygen atoms in total. The number of aromatic nitrogens is 3. The van der Waals surface area contributed by atoms with Crippen LogP contribution in [0, 0.1) is 24.7 Å². The SMILES string of the molecule is Cc1ccc(Cl)cc1-n1c(SCc2ccccc2)nnc1C(C)NC(=O)NC12CC3CC(CC(C3)C1)C2. The number of benzene rings is 2. The van der Waals surface area contributed by atoms with Crippen molar-refractivity contribution in [1.29, 1.82) is 0 Å². The van der Waals surface area contributed by atoms with Crippen molar-refractivity contribution in [2.45, 2.75) is 74.9 Å². The zero-order valence-electron chi connectivity index (χ0n) is 21.4. The fraction of sp³-hybridized carbons (Fsp3) is 0.483. The van der Waals surface area contributed by atoms with Crippen LogP contribution < -0.4 is 10.6 Å². The zero-order chi connectivity index (χ0) is 25.6. The average molecular weight is 536 g/mol. The van der Waals surface area contributed by atoms with Crippen molar-refractivity contribution in [1.82, 2.24) is 25.4 Å². The number of hydrogen-bond acceptors (Lipinski definition) is 4. The van der Waals surface area contributed by atoms with Gasteiger partial charge in [-0.1, -0.05) is 59.8 Å². The summed E-state index contributed by atoms with van der Waals surface area (Å²) >= 11 is 8.04. The predicted molar refractivity (Wildman–Crippen MR) is 148 cm³/mol. The fourth-order valence-electron chi connectivity index (χ4n) is 7.23. The molecular formula is C29H34ClN5OS. The van der Waals surface area contributed by atoms with Crippen LogP contribution in [0.4, 0.5) is 4.79 Å². The van der Waals surface area contributed by atoms with Gasteiger partial charge < -0.3 is 10.6 Å². The summed E-state index contributed by atoms with van der Waals surface area (Å²) in [6, 6.07) is 15.7. The Bertz CT molecular complexity index is 1260. The smallest absolute Gasteiger partial charge is 0.315 e. The molecule has 37 heavy (non-hydrogen) atoms. The lowest BCUT2D eigenvalue weighted by atomic mass is 9.53. The summed E-state index contributed by atoms with van der Waals surface area (Å²) in [5.74, 6) is 3.81. The number of urea groups is 1. The maximum absolute atomic E-state index is 13.3. The highest BCUT2D eigenvalue weighted by Gasteiger charge is 2.51. The molecule has 1 atom stereocenters. The molecule has 0 saturated heterocycles. The molecule has 1 unspecified atom stereocenters. The summed E-state index contributed by atoms with van der Waals surface area (Å²) in [5.41, 5.74) is 3.18. The van der Waals surface area contributed by atoms with E-state index in [1.54, 1.807) is 11.8 Å². The third-order valence-corrected chi connectivity index (χ3v) is 9.67. The van der Waals surface area contributed by atoms with Gasteiger partial charge in [0.15, 0.2) is 11.0 Å². The maximum Gasteiger partial charge on any atom is 0.315 e. The molecular weight excluding hydrogens is 502 g/mol. The van der Waals surface area contributed by atoms with E-state index in [0.29, 0.717) is 10.8 Å². The monoisotopic (exact) mass is 535 g/mol. The Kier molecular flexibility index (Phi) is 6.70. The molecule has 4 saturated carbocycles. The number of nitrogens with one attached hydrogen (secondary N) is 2. The summed E-state index contributed by atoms with van der Waals surface area (Å²) < 4.78 is 2.05. The quantitative estimate of drug-likeness (QED) is 0.324. The topological polar surface area (TPSA) is 71.8 Å². The molecule has 0 aliphatic heterocycles. The first kappa shape index (κ1) is 24.8. The Labute approximate surface area is 228 Å². The van der Waals surface area contributed by atoms with Crippen LogP contribution >= 0.6 is 23.4 Å². The molecule has 0 radical (unpaired) electrons. The second-order valence-corrected chi connectivity index (χ2v) is 12.8. The van der Waals surface area contributed by atoms with Crippen molar-refractivity contribution in [2.24, 2.45) is 17.8 Å². The number of amides is 2. The van der Waals surface area contributed by atoms with Gasteiger partial charge in [0.25, 0.3) is 0 Å². The van der Waals surface area contributed by atoms with Crippen molar-refractivity contribution in [2.75, 3.05) is 0 Å². The normalized spacial score (nSPS) is 26.7. The van der Waals surface area contributed by atoms with Gasteiger partial charge in [-0.25, -0.2) is 4.79 Å². The van der Waals surface area contributed by atoms with Gasteiger partial charge >= 0.3 is 6.03 Å². The van der Waals surface area contributed by atoms with Gasteiger partial charge in [0.05, 0.1) is 11.7 Å². The molecule has 7 rings (SSSR count). The predicted octanol–water partition coefficient (Wildman–Crippen LogP) is 6.85. The summed E-state index contributed by atoms with van der Waals surface area (Å²) in [7, 11) is 0. The zero-order valence-corrected chi connectivity index (χ0v) is 23.0. The molecule has 1 heterocycles. The van der Waals surface area contributed by atoms with E-state index >= 15 is 0 Å². The van der Waals surface area contributed by atoms with Crippen LogP contribution in [0.25, 0.3) is 5.69 Å². The Morgan fingerprint density at radius 1 is 1.08 bits per heavy atom. The first-order valence-electron chi connectivity index (χ1n) is 13.3. The van der Waals surface area contributed by atoms with Gasteiger partial charge in [0, 0.05) is 16.3 Å². The van der Waals surface area contributed by atoms with Gasteiger partial charge in [-0.2, -0.15) is 0 Å². The molecule has 4 fully saturated rings. The number of carbonyl (C=O) groups is 1. The van der Waals surface area contributed by atoms with E-state index in [4.69, 9.17) is 11.6 Å². The number of rotatable bonds is 7. The van der Waals surface area contributed by atoms with Gasteiger partial charge in [-0.05, 0) is 93.4 Å². The van der Waals surface area contributed by atoms with Gasteiger partial charge in [-0.3, -0.25) is 4.57 Å². The summed E-state index contributed by atoms with van der Waals surface area (Å²) in [6.07, 6.45) is 7.43. The molecule has 1 aromatic heterocycles. The van der Waals surface area contributed by atoms with Crippen LogP contribution in [-0.2, 0) is 5.75 Å². The molecule has 3 aromatic rings. The van der Waals surface area contributed by atoms with E-state index in [0.717, 1.165) is 59.2 Å². The molecule has 4 aliphatic rings. The van der Waals surface area contributed by atoms with E-state index in [1.165, 1.54) is 24.8 Å². The highest BCUT2D eigenvalue weighted by molar-refractivity contribution is 7.98. The lowest BCUT2D eigenvalue weighted by Gasteiger charge is -2.56. The number of thioether (sulfide) groups is 1. The second-order valence-electron chi connectivity index (χ2n) is 11.4. The lowest BCUT2D eigenvalue weighted by Crippen LogP contribution is -2.61. The first-order valence-corrected chi connectivity index (χ1v) is 14.7. The second kappa shape index (κ2) is 9.99. The van der Waals surface area contributed by atoms with Crippen LogP contribution in [0.1, 0.15) is 68.4 Å². The van der Waals surface area contributed by atoms with Crippen LogP contribution in [0.15, 0.2) is 53.7 Å². The molecule has 4 bridgehead atoms. The summed E-state index contributed by atoms with van der Waals surface area (Å²) in [4.78, 5) is 13.3. The number of nitrogens with zero attached hydrogens (tertiary/aromatic N) is 3. The Morgan fingerprint density at radius 3 is 2.43 bits per heavy atom. The number of halogens is 1. The lowest BCUT2D eigenvalue weighted by molar-refractivity contribution is -0.0136. The number of carbonyl (C=O) groups excluding carboxylic acids is 1.